The Labute approximate surface area is 116 Å². The second-order valence-corrected chi connectivity index (χ2v) is 4.09. The predicted octanol–water partition coefficient (Wildman–Crippen LogP) is 2.25. The summed E-state index contributed by atoms with van der Waals surface area (Å²) in [6, 6.07) is 11.0. The minimum absolute atomic E-state index is 0.0680. The zero-order valence-corrected chi connectivity index (χ0v) is 10.3. The van der Waals surface area contributed by atoms with Crippen LogP contribution in [0, 0.1) is 0 Å². The average Bonchev–Trinajstić information content (AvgIpc) is 2.46. The summed E-state index contributed by atoms with van der Waals surface area (Å²) in [5.74, 6) is -2.08. The van der Waals surface area contributed by atoms with Crippen molar-refractivity contribution >= 4 is 25.6 Å². The van der Waals surface area contributed by atoms with E-state index in [9.17, 15) is 9.59 Å². The highest BCUT2D eigenvalue weighted by Crippen LogP contribution is 2.26. The maximum atomic E-state index is 11.0. The minimum Gasteiger partial charge on any atom is -0.478 e. The molecule has 0 aliphatic heterocycles. The summed E-state index contributed by atoms with van der Waals surface area (Å²) in [5, 5.41) is 20.2. The number of carboxylic acid groups (broad SMARTS) is 2. The quantitative estimate of drug-likeness (QED) is 0.739. The lowest BCUT2D eigenvalue weighted by Crippen LogP contribution is -2.03. The number of carbonyl (C=O) groups is 2. The molecule has 0 saturated heterocycles. The highest BCUT2D eigenvalue weighted by atomic mass is 16.4. The van der Waals surface area contributed by atoms with Crippen molar-refractivity contribution in [3.63, 3.8) is 0 Å². The Morgan fingerprint density at radius 1 is 0.900 bits per heavy atom. The van der Waals surface area contributed by atoms with Crippen LogP contribution in [-0.4, -0.2) is 30.1 Å². The number of rotatable bonds is 4. The number of anilines is 1. The molecule has 0 aliphatic carbocycles. The molecule has 2 aromatic carbocycles. The van der Waals surface area contributed by atoms with Crippen molar-refractivity contribution < 1.29 is 19.8 Å². The van der Waals surface area contributed by atoms with Crippen molar-refractivity contribution in [1.29, 1.82) is 0 Å². The van der Waals surface area contributed by atoms with Gasteiger partial charge in [-0.1, -0.05) is 18.2 Å². The summed E-state index contributed by atoms with van der Waals surface area (Å²) < 4.78 is 0. The van der Waals surface area contributed by atoms with Crippen molar-refractivity contribution in [1.82, 2.24) is 0 Å². The van der Waals surface area contributed by atoms with Crippen LogP contribution >= 0.6 is 0 Å². The van der Waals surface area contributed by atoms with Crippen molar-refractivity contribution in [2.24, 2.45) is 0 Å². The van der Waals surface area contributed by atoms with Gasteiger partial charge in [0.2, 0.25) is 7.98 Å². The smallest absolute Gasteiger partial charge is 0.337 e. The normalized spacial score (nSPS) is 10.0. The van der Waals surface area contributed by atoms with Gasteiger partial charge in [0, 0.05) is 5.69 Å². The third-order valence-corrected chi connectivity index (χ3v) is 2.87. The van der Waals surface area contributed by atoms with Gasteiger partial charge in [-0.15, -0.1) is 0 Å². The molecule has 5 nitrogen and oxygen atoms in total. The topological polar surface area (TPSA) is 86.6 Å². The molecule has 0 unspecified atom stereocenters. The Bertz CT molecular complexity index is 667. The van der Waals surface area contributed by atoms with E-state index in [0.717, 1.165) is 11.1 Å². The molecular formula is C14H10BNO4. The monoisotopic (exact) mass is 267 g/mol. The molecule has 0 amide bonds. The zero-order valence-electron chi connectivity index (χ0n) is 10.3. The largest absolute Gasteiger partial charge is 0.478 e. The Balaban J connectivity index is 2.42. The van der Waals surface area contributed by atoms with Gasteiger partial charge in [0.05, 0.1) is 11.1 Å². The summed E-state index contributed by atoms with van der Waals surface area (Å²) >= 11 is 0. The maximum Gasteiger partial charge on any atom is 0.337 e. The molecule has 2 radical (unpaired) electrons. The molecular weight excluding hydrogens is 257 g/mol. The SMILES string of the molecule is [B]Nc1cc(-c2ccc(C(=O)O)cc2)ccc1C(=O)O. The van der Waals surface area contributed by atoms with Gasteiger partial charge in [-0.2, -0.15) is 0 Å². The van der Waals surface area contributed by atoms with Gasteiger partial charge in [0.15, 0.2) is 0 Å². The third-order valence-electron chi connectivity index (χ3n) is 2.87. The van der Waals surface area contributed by atoms with Gasteiger partial charge in [-0.3, -0.25) is 0 Å². The Hall–Kier alpha value is -2.76. The van der Waals surface area contributed by atoms with E-state index in [1.807, 2.05) is 0 Å². The molecule has 0 atom stereocenters. The zero-order chi connectivity index (χ0) is 14.7. The van der Waals surface area contributed by atoms with Gasteiger partial charge >= 0.3 is 11.9 Å². The molecule has 0 saturated carbocycles. The Morgan fingerprint density at radius 2 is 1.50 bits per heavy atom. The predicted molar refractivity (Wildman–Crippen MR) is 75.2 cm³/mol. The molecule has 20 heavy (non-hydrogen) atoms. The van der Waals surface area contributed by atoms with Crippen molar-refractivity contribution in [3.8, 4) is 11.1 Å². The number of carboxylic acids is 2. The summed E-state index contributed by atoms with van der Waals surface area (Å²) in [6.45, 7) is 0. The number of hydrogen-bond acceptors (Lipinski definition) is 3. The molecule has 0 spiro atoms. The van der Waals surface area contributed by atoms with Crippen LogP contribution in [-0.2, 0) is 0 Å². The standard InChI is InChI=1S/C14H10BNO4/c15-16-12-7-10(5-6-11(12)14(19)20)8-1-3-9(4-2-8)13(17)18/h1-7,16H,(H,17,18)(H,19,20). The lowest BCUT2D eigenvalue weighted by atomic mass is 10.0. The van der Waals surface area contributed by atoms with E-state index < -0.39 is 11.9 Å². The van der Waals surface area contributed by atoms with E-state index in [1.165, 1.54) is 18.2 Å². The molecule has 2 rings (SSSR count). The Kier molecular flexibility index (Phi) is 3.75. The van der Waals surface area contributed by atoms with Gasteiger partial charge in [0.1, 0.15) is 0 Å². The van der Waals surface area contributed by atoms with Crippen LogP contribution in [0.15, 0.2) is 42.5 Å². The van der Waals surface area contributed by atoms with Crippen LogP contribution in [0.4, 0.5) is 5.69 Å². The van der Waals surface area contributed by atoms with E-state index in [4.69, 9.17) is 18.2 Å². The maximum absolute atomic E-state index is 11.0. The fourth-order valence-electron chi connectivity index (χ4n) is 1.83. The molecule has 0 aliphatic rings. The highest BCUT2D eigenvalue weighted by molar-refractivity contribution is 6.18. The average molecular weight is 267 g/mol. The van der Waals surface area contributed by atoms with Crippen molar-refractivity contribution in [2.45, 2.75) is 0 Å². The summed E-state index contributed by atoms with van der Waals surface area (Å²) in [6.07, 6.45) is 0. The van der Waals surface area contributed by atoms with E-state index in [-0.39, 0.29) is 16.8 Å². The summed E-state index contributed by atoms with van der Waals surface area (Å²) in [7, 11) is 5.31. The molecule has 0 fully saturated rings. The van der Waals surface area contributed by atoms with E-state index in [0.29, 0.717) is 0 Å². The lowest BCUT2D eigenvalue weighted by molar-refractivity contribution is 0.0686. The van der Waals surface area contributed by atoms with Crippen LogP contribution < -0.4 is 5.23 Å². The number of hydrogen-bond donors (Lipinski definition) is 3. The first-order chi connectivity index (χ1) is 9.52. The lowest BCUT2D eigenvalue weighted by Gasteiger charge is -2.09. The Morgan fingerprint density at radius 3 is 2.00 bits per heavy atom. The van der Waals surface area contributed by atoms with Gasteiger partial charge in [-0.05, 0) is 35.4 Å². The molecule has 0 bridgehead atoms. The second-order valence-electron chi connectivity index (χ2n) is 4.09. The minimum atomic E-state index is -1.08. The van der Waals surface area contributed by atoms with Crippen LogP contribution in [0.2, 0.25) is 0 Å². The van der Waals surface area contributed by atoms with Crippen LogP contribution in [0.25, 0.3) is 11.1 Å². The van der Waals surface area contributed by atoms with E-state index in [1.54, 1.807) is 24.3 Å². The van der Waals surface area contributed by atoms with Gasteiger partial charge < -0.3 is 15.4 Å². The first kappa shape index (κ1) is 13.7. The fourth-order valence-corrected chi connectivity index (χ4v) is 1.83. The molecule has 0 heterocycles. The summed E-state index contributed by atoms with van der Waals surface area (Å²) in [4.78, 5) is 21.8. The van der Waals surface area contributed by atoms with E-state index >= 15 is 0 Å². The molecule has 0 aromatic heterocycles. The first-order valence-electron chi connectivity index (χ1n) is 5.70. The molecule has 3 N–H and O–H groups in total. The first-order valence-corrected chi connectivity index (χ1v) is 5.70. The third kappa shape index (κ3) is 2.64. The van der Waals surface area contributed by atoms with Crippen LogP contribution in [0.3, 0.4) is 0 Å². The molecule has 6 heteroatoms. The van der Waals surface area contributed by atoms with Crippen molar-refractivity contribution in [3.05, 3.63) is 53.6 Å². The number of benzene rings is 2. The van der Waals surface area contributed by atoms with Crippen LogP contribution in [0.5, 0.6) is 0 Å². The van der Waals surface area contributed by atoms with Gasteiger partial charge in [-0.25, -0.2) is 9.59 Å². The second kappa shape index (κ2) is 5.48. The number of aromatic carboxylic acids is 2. The number of nitrogens with one attached hydrogen (secondary N) is 1. The molecule has 2 aromatic rings. The van der Waals surface area contributed by atoms with Gasteiger partial charge in [0.25, 0.3) is 0 Å². The molecule has 98 valence electrons. The van der Waals surface area contributed by atoms with Crippen LogP contribution in [0.1, 0.15) is 20.7 Å². The van der Waals surface area contributed by atoms with E-state index in [2.05, 4.69) is 5.23 Å². The summed E-state index contributed by atoms with van der Waals surface area (Å²) in [5.41, 5.74) is 2.05. The fraction of sp³-hybridized carbons (Fsp3) is 0. The van der Waals surface area contributed by atoms with Crippen molar-refractivity contribution in [2.75, 3.05) is 5.23 Å². The highest BCUT2D eigenvalue weighted by Gasteiger charge is 2.10.